The summed E-state index contributed by atoms with van der Waals surface area (Å²) in [6, 6.07) is 3.16. The zero-order valence-electron chi connectivity index (χ0n) is 12.3. The fraction of sp³-hybridized carbons (Fsp3) is 0.286. The summed E-state index contributed by atoms with van der Waals surface area (Å²) in [7, 11) is 0. The normalized spacial score (nSPS) is 10.6. The lowest BCUT2D eigenvalue weighted by atomic mass is 10.1. The van der Waals surface area contributed by atoms with Crippen LogP contribution in [0.25, 0.3) is 0 Å². The van der Waals surface area contributed by atoms with E-state index < -0.39 is 16.6 Å². The van der Waals surface area contributed by atoms with Crippen molar-refractivity contribution in [3.05, 3.63) is 57.5 Å². The Labute approximate surface area is 130 Å². The van der Waals surface area contributed by atoms with Gasteiger partial charge in [0, 0.05) is 19.5 Å². The van der Waals surface area contributed by atoms with E-state index in [1.54, 1.807) is 6.92 Å². The molecule has 0 atom stereocenters. The predicted octanol–water partition coefficient (Wildman–Crippen LogP) is 1.74. The second-order valence-electron chi connectivity index (χ2n) is 4.91. The van der Waals surface area contributed by atoms with E-state index in [-0.39, 0.29) is 31.2 Å². The summed E-state index contributed by atoms with van der Waals surface area (Å²) < 4.78 is 27.4. The largest absolute Gasteiger partial charge is 0.381 e. The maximum absolute atomic E-state index is 13.0. The van der Waals surface area contributed by atoms with E-state index in [0.717, 1.165) is 6.07 Å². The monoisotopic (exact) mass is 324 g/mol. The molecule has 0 aliphatic heterocycles. The molecule has 23 heavy (non-hydrogen) atoms. The second kappa shape index (κ2) is 6.95. The number of hydrogen-bond acceptors (Lipinski definition) is 4. The molecule has 0 aliphatic carbocycles. The fourth-order valence-electron chi connectivity index (χ4n) is 2.05. The number of aromatic nitrogens is 2. The Morgan fingerprint density at radius 2 is 2.00 bits per heavy atom. The van der Waals surface area contributed by atoms with Gasteiger partial charge < -0.3 is 15.4 Å². The topological polar surface area (TPSA) is 90.1 Å². The van der Waals surface area contributed by atoms with Gasteiger partial charge in [0.2, 0.25) is 11.7 Å². The summed E-state index contributed by atoms with van der Waals surface area (Å²) in [5, 5.41) is 13.2. The molecular formula is C14H14F2N4O3. The number of nitrogens with zero attached hydrogens (tertiary/aromatic N) is 3. The number of nitro groups is 1. The van der Waals surface area contributed by atoms with Gasteiger partial charge in [0.25, 0.3) is 0 Å². The number of rotatable bonds is 6. The average Bonchev–Trinajstić information content (AvgIpc) is 2.79. The van der Waals surface area contributed by atoms with E-state index >= 15 is 0 Å². The maximum atomic E-state index is 13.0. The highest BCUT2D eigenvalue weighted by Crippen LogP contribution is 2.10. The Morgan fingerprint density at radius 1 is 1.35 bits per heavy atom. The van der Waals surface area contributed by atoms with Gasteiger partial charge in [-0.25, -0.2) is 8.78 Å². The zero-order chi connectivity index (χ0) is 17.0. The molecule has 7 nitrogen and oxygen atoms in total. The van der Waals surface area contributed by atoms with Crippen molar-refractivity contribution < 1.29 is 18.5 Å². The van der Waals surface area contributed by atoms with Crippen LogP contribution in [0.5, 0.6) is 0 Å². The quantitative estimate of drug-likeness (QED) is 0.647. The molecule has 0 fully saturated rings. The van der Waals surface area contributed by atoms with Crippen LogP contribution in [0.1, 0.15) is 11.4 Å². The van der Waals surface area contributed by atoms with Crippen molar-refractivity contribution in [1.29, 1.82) is 0 Å². The number of imidazole rings is 1. The van der Waals surface area contributed by atoms with Gasteiger partial charge in [-0.2, -0.15) is 0 Å². The van der Waals surface area contributed by atoms with Crippen molar-refractivity contribution >= 4 is 11.7 Å². The maximum Gasteiger partial charge on any atom is 0.381 e. The fourth-order valence-corrected chi connectivity index (χ4v) is 2.05. The van der Waals surface area contributed by atoms with E-state index in [2.05, 4.69) is 10.3 Å². The van der Waals surface area contributed by atoms with Crippen LogP contribution in [0.4, 0.5) is 14.6 Å². The van der Waals surface area contributed by atoms with Gasteiger partial charge in [0.1, 0.15) is 24.4 Å². The van der Waals surface area contributed by atoms with Gasteiger partial charge in [-0.1, -0.05) is 0 Å². The first-order chi connectivity index (χ1) is 10.8. The highest BCUT2D eigenvalue weighted by atomic mass is 19.1. The van der Waals surface area contributed by atoms with Crippen LogP contribution in [0.15, 0.2) is 24.4 Å². The number of aryl methyl sites for hydroxylation is 1. The van der Waals surface area contributed by atoms with E-state index in [0.29, 0.717) is 11.4 Å². The van der Waals surface area contributed by atoms with Gasteiger partial charge in [-0.15, -0.1) is 0 Å². The molecule has 0 bridgehead atoms. The Hall–Kier alpha value is -2.84. The molecule has 0 radical (unpaired) electrons. The third-order valence-corrected chi connectivity index (χ3v) is 3.12. The number of benzene rings is 1. The summed E-state index contributed by atoms with van der Waals surface area (Å²) in [6.45, 7) is 1.62. The van der Waals surface area contributed by atoms with Gasteiger partial charge in [0.15, 0.2) is 0 Å². The van der Waals surface area contributed by atoms with Crippen molar-refractivity contribution in [3.63, 3.8) is 0 Å². The molecule has 0 unspecified atom stereocenters. The van der Waals surface area contributed by atoms with E-state index in [1.165, 1.54) is 22.9 Å². The molecule has 0 aliphatic rings. The molecule has 0 spiro atoms. The summed E-state index contributed by atoms with van der Waals surface area (Å²) in [5.41, 5.74) is 0.428. The highest BCUT2D eigenvalue weighted by Gasteiger charge is 2.16. The molecule has 122 valence electrons. The molecule has 2 aromatic rings. The van der Waals surface area contributed by atoms with Crippen LogP contribution >= 0.6 is 0 Å². The molecule has 2 rings (SSSR count). The number of hydrogen-bond donors (Lipinski definition) is 1. The van der Waals surface area contributed by atoms with Crippen LogP contribution < -0.4 is 5.32 Å². The summed E-state index contributed by atoms with van der Waals surface area (Å²) in [5.74, 6) is -1.71. The Bertz CT molecular complexity index is 725. The van der Waals surface area contributed by atoms with Crippen molar-refractivity contribution in [2.75, 3.05) is 6.54 Å². The van der Waals surface area contributed by atoms with Gasteiger partial charge in [0.05, 0.1) is 0 Å². The lowest BCUT2D eigenvalue weighted by Crippen LogP contribution is -2.29. The second-order valence-corrected chi connectivity index (χ2v) is 4.91. The van der Waals surface area contributed by atoms with Crippen LogP contribution in [0, 0.1) is 28.7 Å². The number of amides is 1. The van der Waals surface area contributed by atoms with Crippen molar-refractivity contribution in [3.8, 4) is 0 Å². The SMILES string of the molecule is Cc1nc([N+](=O)[O-])cn1CC(=O)NCCc1cc(F)cc(F)c1. The minimum atomic E-state index is -0.673. The van der Waals surface area contributed by atoms with Crippen molar-refractivity contribution in [2.45, 2.75) is 19.9 Å². The number of halogens is 2. The van der Waals surface area contributed by atoms with Gasteiger partial charge >= 0.3 is 5.82 Å². The minimum absolute atomic E-state index is 0.121. The summed E-state index contributed by atoms with van der Waals surface area (Å²) in [4.78, 5) is 25.5. The number of nitrogens with one attached hydrogen (secondary N) is 1. The predicted molar refractivity (Wildman–Crippen MR) is 76.7 cm³/mol. The standard InChI is InChI=1S/C14H14F2N4O3/c1-9-18-13(20(22)23)7-19(9)8-14(21)17-3-2-10-4-11(15)6-12(16)5-10/h4-7H,2-3,8H2,1H3,(H,17,21). The van der Waals surface area contributed by atoms with E-state index in [9.17, 15) is 23.7 Å². The molecule has 1 aromatic carbocycles. The first-order valence-electron chi connectivity index (χ1n) is 6.75. The number of carbonyl (C=O) groups is 1. The Balaban J connectivity index is 1.87. The van der Waals surface area contributed by atoms with Crippen molar-refractivity contribution in [1.82, 2.24) is 14.9 Å². The van der Waals surface area contributed by atoms with E-state index in [1.807, 2.05) is 0 Å². The molecule has 1 N–H and O–H groups in total. The summed E-state index contributed by atoms with van der Waals surface area (Å²) in [6.07, 6.45) is 1.44. The average molecular weight is 324 g/mol. The van der Waals surface area contributed by atoms with Crippen LogP contribution in [0.2, 0.25) is 0 Å². The Kier molecular flexibility index (Phi) is 4.99. The van der Waals surface area contributed by atoms with E-state index in [4.69, 9.17) is 0 Å². The minimum Gasteiger partial charge on any atom is -0.358 e. The molecular weight excluding hydrogens is 310 g/mol. The van der Waals surface area contributed by atoms with Gasteiger partial charge in [-0.3, -0.25) is 9.36 Å². The lowest BCUT2D eigenvalue weighted by molar-refractivity contribution is -0.389. The first kappa shape index (κ1) is 16.5. The zero-order valence-corrected chi connectivity index (χ0v) is 12.3. The lowest BCUT2D eigenvalue weighted by Gasteiger charge is -2.06. The third kappa shape index (κ3) is 4.56. The number of carbonyl (C=O) groups excluding carboxylic acids is 1. The molecule has 0 saturated carbocycles. The highest BCUT2D eigenvalue weighted by molar-refractivity contribution is 5.75. The van der Waals surface area contributed by atoms with Crippen LogP contribution in [0.3, 0.4) is 0 Å². The Morgan fingerprint density at radius 3 is 2.57 bits per heavy atom. The smallest absolute Gasteiger partial charge is 0.358 e. The molecule has 1 amide bonds. The molecule has 9 heteroatoms. The molecule has 1 aromatic heterocycles. The summed E-state index contributed by atoms with van der Waals surface area (Å²) >= 11 is 0. The third-order valence-electron chi connectivity index (χ3n) is 3.12. The van der Waals surface area contributed by atoms with Crippen LogP contribution in [-0.4, -0.2) is 26.9 Å². The van der Waals surface area contributed by atoms with Crippen LogP contribution in [-0.2, 0) is 17.8 Å². The molecule has 1 heterocycles. The van der Waals surface area contributed by atoms with Gasteiger partial charge in [-0.05, 0) is 34.0 Å². The first-order valence-corrected chi connectivity index (χ1v) is 6.75. The van der Waals surface area contributed by atoms with Crippen molar-refractivity contribution in [2.24, 2.45) is 0 Å². The molecule has 0 saturated heterocycles.